The number of carboxylic acid groups (broad SMARTS) is 1. The van der Waals surface area contributed by atoms with Gasteiger partial charge in [0.1, 0.15) is 23.2 Å². The Kier molecular flexibility index (Phi) is 6.07. The minimum atomic E-state index is -4.74. The van der Waals surface area contributed by atoms with Crippen LogP contribution in [0.2, 0.25) is 0 Å². The third-order valence-corrected chi connectivity index (χ3v) is 6.04. The van der Waals surface area contributed by atoms with Gasteiger partial charge in [-0.2, -0.15) is 13.2 Å². The topological polar surface area (TPSA) is 96.6 Å². The van der Waals surface area contributed by atoms with Crippen LogP contribution in [0.1, 0.15) is 31.9 Å². The highest BCUT2D eigenvalue weighted by atomic mass is 32.2. The van der Waals surface area contributed by atoms with Crippen LogP contribution in [-0.2, 0) is 14.6 Å². The molecule has 0 aliphatic carbocycles. The van der Waals surface area contributed by atoms with Crippen molar-refractivity contribution in [3.8, 4) is 0 Å². The van der Waals surface area contributed by atoms with Gasteiger partial charge in [-0.3, -0.25) is 10.1 Å². The number of alkyl halides is 3. The molecular formula is C21H22F3NO5S. The highest BCUT2D eigenvalue weighted by Crippen LogP contribution is 2.37. The lowest BCUT2D eigenvalue weighted by molar-refractivity contribution is -0.163. The lowest BCUT2D eigenvalue weighted by atomic mass is 9.99. The van der Waals surface area contributed by atoms with Gasteiger partial charge in [0.25, 0.3) is 0 Å². The Bertz CT molecular complexity index is 1230. The molecule has 1 unspecified atom stereocenters. The first-order chi connectivity index (χ1) is 14.3. The van der Waals surface area contributed by atoms with E-state index in [2.05, 4.69) is 5.32 Å². The predicted molar refractivity (Wildman–Crippen MR) is 110 cm³/mol. The number of fused-ring (bicyclic) bond motifs is 3. The van der Waals surface area contributed by atoms with Crippen LogP contribution < -0.4 is 5.32 Å². The van der Waals surface area contributed by atoms with E-state index in [1.165, 1.54) is 36.4 Å². The number of nitrogens with one attached hydrogen (secondary N) is 1. The second-order valence-electron chi connectivity index (χ2n) is 7.95. The SMILES string of the molecule is CC(C)C[C@H](NC(c1ccc2c(c1)oc1ccc(S(C)(=O)=O)cc12)C(F)(F)F)C(=O)O. The van der Waals surface area contributed by atoms with Crippen molar-refractivity contribution in [2.45, 2.75) is 43.4 Å². The van der Waals surface area contributed by atoms with Crippen molar-refractivity contribution in [3.63, 3.8) is 0 Å². The first kappa shape index (κ1) is 23.1. The van der Waals surface area contributed by atoms with Gasteiger partial charge in [0.2, 0.25) is 0 Å². The van der Waals surface area contributed by atoms with Crippen LogP contribution in [0.15, 0.2) is 45.7 Å². The Labute approximate surface area is 177 Å². The van der Waals surface area contributed by atoms with E-state index >= 15 is 0 Å². The van der Waals surface area contributed by atoms with Crippen LogP contribution in [0, 0.1) is 5.92 Å². The summed E-state index contributed by atoms with van der Waals surface area (Å²) < 4.78 is 70.7. The molecule has 2 atom stereocenters. The number of carbonyl (C=O) groups is 1. The summed E-state index contributed by atoms with van der Waals surface area (Å²) in [5.74, 6) is -1.48. The van der Waals surface area contributed by atoms with Gasteiger partial charge in [-0.05, 0) is 42.2 Å². The molecule has 0 amide bonds. The van der Waals surface area contributed by atoms with E-state index in [0.29, 0.717) is 16.4 Å². The molecule has 10 heteroatoms. The molecule has 1 aromatic heterocycles. The fraction of sp³-hybridized carbons (Fsp3) is 0.381. The van der Waals surface area contributed by atoms with Crippen molar-refractivity contribution in [2.75, 3.05) is 6.26 Å². The van der Waals surface area contributed by atoms with Gasteiger partial charge in [0.05, 0.1) is 4.90 Å². The van der Waals surface area contributed by atoms with E-state index < -0.39 is 34.1 Å². The molecule has 0 saturated heterocycles. The molecule has 0 fully saturated rings. The van der Waals surface area contributed by atoms with Crippen molar-refractivity contribution in [1.82, 2.24) is 5.32 Å². The minimum Gasteiger partial charge on any atom is -0.480 e. The van der Waals surface area contributed by atoms with Gasteiger partial charge >= 0.3 is 12.1 Å². The summed E-state index contributed by atoms with van der Waals surface area (Å²) in [6.45, 7) is 3.46. The quantitative estimate of drug-likeness (QED) is 0.535. The average molecular weight is 457 g/mol. The number of carboxylic acids is 1. The van der Waals surface area contributed by atoms with Crippen LogP contribution in [0.4, 0.5) is 13.2 Å². The number of aliphatic carboxylic acids is 1. The number of hydrogen-bond acceptors (Lipinski definition) is 5. The zero-order valence-corrected chi connectivity index (χ0v) is 17.8. The largest absolute Gasteiger partial charge is 0.480 e. The smallest absolute Gasteiger partial charge is 0.407 e. The zero-order valence-electron chi connectivity index (χ0n) is 17.0. The molecule has 2 aromatic carbocycles. The number of sulfone groups is 1. The Morgan fingerprint density at radius 1 is 1.10 bits per heavy atom. The Morgan fingerprint density at radius 3 is 2.32 bits per heavy atom. The second-order valence-corrected chi connectivity index (χ2v) is 9.97. The van der Waals surface area contributed by atoms with Crippen LogP contribution in [-0.4, -0.2) is 38.0 Å². The number of halogens is 3. The molecule has 6 nitrogen and oxygen atoms in total. The third kappa shape index (κ3) is 5.01. The first-order valence-corrected chi connectivity index (χ1v) is 11.4. The fourth-order valence-electron chi connectivity index (χ4n) is 3.48. The monoisotopic (exact) mass is 457 g/mol. The summed E-state index contributed by atoms with van der Waals surface area (Å²) in [6.07, 6.45) is -3.65. The summed E-state index contributed by atoms with van der Waals surface area (Å²) >= 11 is 0. The molecule has 0 spiro atoms. The molecule has 0 aliphatic heterocycles. The summed E-state index contributed by atoms with van der Waals surface area (Å²) in [6, 6.07) is 4.50. The lowest BCUT2D eigenvalue weighted by Gasteiger charge is -2.26. The number of benzene rings is 2. The maximum Gasteiger partial charge on any atom is 0.407 e. The molecule has 1 heterocycles. The summed E-state index contributed by atoms with van der Waals surface area (Å²) in [5, 5.41) is 12.5. The van der Waals surface area contributed by atoms with E-state index in [1.807, 2.05) is 0 Å². The Balaban J connectivity index is 2.08. The average Bonchev–Trinajstić information content (AvgIpc) is 2.99. The molecule has 31 heavy (non-hydrogen) atoms. The number of rotatable bonds is 7. The normalized spacial score (nSPS) is 14.9. The number of furan rings is 1. The van der Waals surface area contributed by atoms with E-state index in [0.717, 1.165) is 6.26 Å². The lowest BCUT2D eigenvalue weighted by Crippen LogP contribution is -2.45. The van der Waals surface area contributed by atoms with E-state index in [4.69, 9.17) is 4.42 Å². The molecule has 0 aliphatic rings. The van der Waals surface area contributed by atoms with Gasteiger partial charge in [-0.25, -0.2) is 8.42 Å². The van der Waals surface area contributed by atoms with Crippen molar-refractivity contribution < 1.29 is 35.9 Å². The maximum atomic E-state index is 13.8. The van der Waals surface area contributed by atoms with Gasteiger partial charge in [-0.15, -0.1) is 0 Å². The third-order valence-electron chi connectivity index (χ3n) is 4.93. The summed E-state index contributed by atoms with van der Waals surface area (Å²) in [5.41, 5.74) is 0.279. The first-order valence-electron chi connectivity index (χ1n) is 9.49. The molecule has 0 saturated carbocycles. The minimum absolute atomic E-state index is 0.0308. The highest BCUT2D eigenvalue weighted by Gasteiger charge is 2.43. The van der Waals surface area contributed by atoms with Crippen molar-refractivity contribution >= 4 is 37.7 Å². The van der Waals surface area contributed by atoms with Gasteiger partial charge < -0.3 is 9.52 Å². The maximum absolute atomic E-state index is 13.8. The van der Waals surface area contributed by atoms with Crippen molar-refractivity contribution in [2.24, 2.45) is 5.92 Å². The fourth-order valence-corrected chi connectivity index (χ4v) is 4.12. The molecule has 3 aromatic rings. The molecular weight excluding hydrogens is 435 g/mol. The second kappa shape index (κ2) is 8.16. The molecule has 0 radical (unpaired) electrons. The predicted octanol–water partition coefficient (Wildman–Crippen LogP) is 4.68. The van der Waals surface area contributed by atoms with Crippen molar-refractivity contribution in [3.05, 3.63) is 42.0 Å². The summed E-state index contributed by atoms with van der Waals surface area (Å²) in [7, 11) is -3.47. The van der Waals surface area contributed by atoms with Crippen LogP contribution in [0.5, 0.6) is 0 Å². The molecule has 168 valence electrons. The van der Waals surface area contributed by atoms with E-state index in [9.17, 15) is 31.5 Å². The van der Waals surface area contributed by atoms with Gasteiger partial charge in [0.15, 0.2) is 9.84 Å². The Morgan fingerprint density at radius 2 is 1.77 bits per heavy atom. The van der Waals surface area contributed by atoms with Crippen molar-refractivity contribution in [1.29, 1.82) is 0 Å². The van der Waals surface area contributed by atoms with Crippen LogP contribution in [0.25, 0.3) is 21.9 Å². The zero-order chi connectivity index (χ0) is 23.1. The molecule has 0 bridgehead atoms. The molecule has 2 N–H and O–H groups in total. The van der Waals surface area contributed by atoms with Crippen LogP contribution in [0.3, 0.4) is 0 Å². The summed E-state index contributed by atoms with van der Waals surface area (Å²) in [4.78, 5) is 11.5. The number of hydrogen-bond donors (Lipinski definition) is 2. The van der Waals surface area contributed by atoms with E-state index in [-0.39, 0.29) is 28.4 Å². The van der Waals surface area contributed by atoms with Crippen LogP contribution >= 0.6 is 0 Å². The van der Waals surface area contributed by atoms with Gasteiger partial charge in [0, 0.05) is 17.0 Å². The van der Waals surface area contributed by atoms with Gasteiger partial charge in [-0.1, -0.05) is 26.0 Å². The van der Waals surface area contributed by atoms with E-state index in [1.54, 1.807) is 13.8 Å². The molecule has 3 rings (SSSR count). The highest BCUT2D eigenvalue weighted by molar-refractivity contribution is 7.90. The standard InChI is InChI=1S/C21H22F3NO5S/c1-11(2)8-16(20(26)27)25-19(21(22,23)24)12-4-6-14-15-10-13(31(3,28)29)5-7-17(15)30-18(14)9-12/h4-7,9-11,16,19,25H,8H2,1-3H3,(H,26,27)/t16-,19?/m0/s1. The Hall–Kier alpha value is -2.59.